The number of aliphatic hydroxyl groups excluding tert-OH is 1. The number of hydrogen-bond acceptors (Lipinski definition) is 3. The molecular weight excluding hydrogens is 222 g/mol. The molecule has 0 unspecified atom stereocenters. The summed E-state index contributed by atoms with van der Waals surface area (Å²) < 4.78 is 0. The molecule has 0 aromatic carbocycles. The summed E-state index contributed by atoms with van der Waals surface area (Å²) in [4.78, 5) is 21.9. The van der Waals surface area contributed by atoms with Gasteiger partial charge >= 0.3 is 5.97 Å². The lowest BCUT2D eigenvalue weighted by atomic mass is 9.78. The molecule has 0 bridgehead atoms. The van der Waals surface area contributed by atoms with Crippen molar-refractivity contribution in [3.05, 3.63) is 0 Å². The fraction of sp³-hybridized carbons (Fsp3) is 0.833. The number of amides is 1. The lowest BCUT2D eigenvalue weighted by molar-refractivity contribution is -0.138. The van der Waals surface area contributed by atoms with Gasteiger partial charge in [0.2, 0.25) is 5.91 Å². The van der Waals surface area contributed by atoms with Crippen LogP contribution in [0.5, 0.6) is 0 Å². The number of carbonyl (C=O) groups excluding carboxylic acids is 1. The minimum absolute atomic E-state index is 0.0446. The SMILES string of the molecule is CC(C)CC(C)(C)[C@@H](O)C(=O)NCCC(=O)O. The number of hydrogen-bond donors (Lipinski definition) is 3. The van der Waals surface area contributed by atoms with Crippen molar-refractivity contribution in [2.45, 2.75) is 46.6 Å². The van der Waals surface area contributed by atoms with Gasteiger partial charge in [-0.1, -0.05) is 27.7 Å². The predicted octanol–water partition coefficient (Wildman–Crippen LogP) is 1.01. The fourth-order valence-electron chi connectivity index (χ4n) is 1.91. The summed E-state index contributed by atoms with van der Waals surface area (Å²) in [7, 11) is 0. The van der Waals surface area contributed by atoms with E-state index in [4.69, 9.17) is 5.11 Å². The van der Waals surface area contributed by atoms with Crippen LogP contribution in [0.1, 0.15) is 40.5 Å². The van der Waals surface area contributed by atoms with E-state index < -0.39 is 23.4 Å². The van der Waals surface area contributed by atoms with Gasteiger partial charge in [-0.15, -0.1) is 0 Å². The van der Waals surface area contributed by atoms with Crippen LogP contribution in [0.25, 0.3) is 0 Å². The highest BCUT2D eigenvalue weighted by Gasteiger charge is 2.33. The minimum Gasteiger partial charge on any atom is -0.481 e. The van der Waals surface area contributed by atoms with E-state index in [9.17, 15) is 14.7 Å². The van der Waals surface area contributed by atoms with Crippen LogP contribution in [-0.2, 0) is 9.59 Å². The Morgan fingerprint density at radius 1 is 1.29 bits per heavy atom. The van der Waals surface area contributed by atoms with E-state index in [2.05, 4.69) is 5.32 Å². The second-order valence-electron chi connectivity index (χ2n) is 5.42. The molecule has 0 rings (SSSR count). The first kappa shape index (κ1) is 15.9. The van der Waals surface area contributed by atoms with Gasteiger partial charge in [0.05, 0.1) is 6.42 Å². The van der Waals surface area contributed by atoms with Crippen molar-refractivity contribution in [3.63, 3.8) is 0 Å². The van der Waals surface area contributed by atoms with Crippen LogP contribution in [0.4, 0.5) is 0 Å². The van der Waals surface area contributed by atoms with E-state index in [-0.39, 0.29) is 13.0 Å². The number of carboxylic acid groups (broad SMARTS) is 1. The summed E-state index contributed by atoms with van der Waals surface area (Å²) in [6.07, 6.45) is -0.525. The van der Waals surface area contributed by atoms with Crippen molar-refractivity contribution < 1.29 is 19.8 Å². The number of aliphatic hydroxyl groups is 1. The van der Waals surface area contributed by atoms with Crippen molar-refractivity contribution >= 4 is 11.9 Å². The van der Waals surface area contributed by atoms with Gasteiger partial charge in [0, 0.05) is 6.54 Å². The van der Waals surface area contributed by atoms with Crippen molar-refractivity contribution in [1.29, 1.82) is 0 Å². The Bertz CT molecular complexity index is 274. The smallest absolute Gasteiger partial charge is 0.305 e. The van der Waals surface area contributed by atoms with Gasteiger partial charge in [-0.2, -0.15) is 0 Å². The Morgan fingerprint density at radius 3 is 2.24 bits per heavy atom. The normalized spacial score (nSPS) is 13.5. The van der Waals surface area contributed by atoms with Gasteiger partial charge in [0.15, 0.2) is 0 Å². The zero-order chi connectivity index (χ0) is 13.6. The molecule has 0 aromatic rings. The molecule has 0 spiro atoms. The van der Waals surface area contributed by atoms with Crippen LogP contribution >= 0.6 is 0 Å². The maximum absolute atomic E-state index is 11.6. The van der Waals surface area contributed by atoms with Gasteiger partial charge in [0.25, 0.3) is 0 Å². The van der Waals surface area contributed by atoms with Crippen LogP contribution in [0.2, 0.25) is 0 Å². The molecule has 0 aliphatic rings. The molecule has 0 radical (unpaired) electrons. The molecule has 100 valence electrons. The van der Waals surface area contributed by atoms with Crippen LogP contribution in [-0.4, -0.2) is 34.7 Å². The molecule has 1 atom stereocenters. The van der Waals surface area contributed by atoms with Crippen LogP contribution in [0, 0.1) is 11.3 Å². The quantitative estimate of drug-likeness (QED) is 0.624. The van der Waals surface area contributed by atoms with Crippen LogP contribution in [0.3, 0.4) is 0 Å². The molecule has 1 amide bonds. The largest absolute Gasteiger partial charge is 0.481 e. The fourth-order valence-corrected chi connectivity index (χ4v) is 1.91. The van der Waals surface area contributed by atoms with E-state index >= 15 is 0 Å². The number of nitrogens with one attached hydrogen (secondary N) is 1. The van der Waals surface area contributed by atoms with Gasteiger partial charge in [-0.25, -0.2) is 0 Å². The molecule has 17 heavy (non-hydrogen) atoms. The Kier molecular flexibility index (Phi) is 6.16. The molecular formula is C12H23NO4. The van der Waals surface area contributed by atoms with Crippen LogP contribution in [0.15, 0.2) is 0 Å². The average Bonchev–Trinajstić information content (AvgIpc) is 2.13. The zero-order valence-electron chi connectivity index (χ0n) is 11.0. The maximum Gasteiger partial charge on any atom is 0.305 e. The summed E-state index contributed by atoms with van der Waals surface area (Å²) in [5.74, 6) is -1.09. The number of carbonyl (C=O) groups is 2. The van der Waals surface area contributed by atoms with E-state index in [1.807, 2.05) is 27.7 Å². The summed E-state index contributed by atoms with van der Waals surface area (Å²) >= 11 is 0. The minimum atomic E-state index is -1.11. The molecule has 0 heterocycles. The van der Waals surface area contributed by atoms with E-state index in [0.717, 1.165) is 6.42 Å². The second kappa shape index (κ2) is 6.59. The average molecular weight is 245 g/mol. The Labute approximate surface area is 102 Å². The van der Waals surface area contributed by atoms with Gasteiger partial charge < -0.3 is 15.5 Å². The number of carboxylic acids is 1. The molecule has 5 heteroatoms. The molecule has 5 nitrogen and oxygen atoms in total. The molecule has 3 N–H and O–H groups in total. The summed E-state index contributed by atoms with van der Waals surface area (Å²) in [5.41, 5.74) is -0.512. The number of aliphatic carboxylic acids is 1. The summed E-state index contributed by atoms with van der Waals surface area (Å²) in [6, 6.07) is 0. The number of rotatable bonds is 7. The van der Waals surface area contributed by atoms with Gasteiger partial charge in [0.1, 0.15) is 6.10 Å². The van der Waals surface area contributed by atoms with E-state index in [0.29, 0.717) is 5.92 Å². The third-order valence-electron chi connectivity index (χ3n) is 2.56. The molecule has 0 saturated heterocycles. The highest BCUT2D eigenvalue weighted by atomic mass is 16.4. The molecule has 0 aliphatic heterocycles. The van der Waals surface area contributed by atoms with Crippen molar-refractivity contribution in [2.24, 2.45) is 11.3 Å². The van der Waals surface area contributed by atoms with E-state index in [1.54, 1.807) is 0 Å². The van der Waals surface area contributed by atoms with Gasteiger partial charge in [-0.05, 0) is 17.8 Å². The molecule has 0 aliphatic carbocycles. The first-order valence-electron chi connectivity index (χ1n) is 5.84. The van der Waals surface area contributed by atoms with E-state index in [1.165, 1.54) is 0 Å². The highest BCUT2D eigenvalue weighted by Crippen LogP contribution is 2.29. The Balaban J connectivity index is 4.23. The molecule has 0 saturated carbocycles. The summed E-state index contributed by atoms with van der Waals surface area (Å²) in [6.45, 7) is 7.75. The second-order valence-corrected chi connectivity index (χ2v) is 5.42. The Morgan fingerprint density at radius 2 is 1.82 bits per heavy atom. The third kappa shape index (κ3) is 6.26. The summed E-state index contributed by atoms with van der Waals surface area (Å²) in [5, 5.41) is 20.8. The lowest BCUT2D eigenvalue weighted by Crippen LogP contribution is -2.44. The van der Waals surface area contributed by atoms with Crippen molar-refractivity contribution in [2.75, 3.05) is 6.54 Å². The standard InChI is InChI=1S/C12H23NO4/c1-8(2)7-12(3,4)10(16)11(17)13-6-5-9(14)15/h8,10,16H,5-7H2,1-4H3,(H,13,17)(H,14,15)/t10-/m0/s1. The van der Waals surface area contributed by atoms with Crippen molar-refractivity contribution in [1.82, 2.24) is 5.32 Å². The molecule has 0 fully saturated rings. The topological polar surface area (TPSA) is 86.6 Å². The van der Waals surface area contributed by atoms with Crippen molar-refractivity contribution in [3.8, 4) is 0 Å². The first-order valence-corrected chi connectivity index (χ1v) is 5.84. The monoisotopic (exact) mass is 245 g/mol. The Hall–Kier alpha value is -1.10. The highest BCUT2D eigenvalue weighted by molar-refractivity contribution is 5.81. The van der Waals surface area contributed by atoms with Crippen LogP contribution < -0.4 is 5.32 Å². The molecule has 0 aromatic heterocycles. The predicted molar refractivity (Wildman–Crippen MR) is 64.5 cm³/mol. The maximum atomic E-state index is 11.6. The lowest BCUT2D eigenvalue weighted by Gasteiger charge is -2.31. The zero-order valence-corrected chi connectivity index (χ0v) is 11.0. The third-order valence-corrected chi connectivity index (χ3v) is 2.56. The van der Waals surface area contributed by atoms with Gasteiger partial charge in [-0.3, -0.25) is 9.59 Å². The first-order chi connectivity index (χ1) is 7.66.